The fourth-order valence-electron chi connectivity index (χ4n) is 3.74. The lowest BCUT2D eigenvalue weighted by atomic mass is 9.96. The van der Waals surface area contributed by atoms with Crippen LogP contribution in [0, 0.1) is 12.8 Å². The van der Waals surface area contributed by atoms with E-state index in [4.69, 9.17) is 4.74 Å². The molecule has 148 valence electrons. The molecule has 1 fully saturated rings. The number of aryl methyl sites for hydroxylation is 1. The standard InChI is InChI=1S/C20H29N3O3S/c1-17-14-21-20(23(17)11-12-26-2)13-19-9-6-10-22(15-19)27(24,25)16-18-7-4-3-5-8-18/h3-5,7-8,14,19H,6,9-13,15-16H2,1-2H3. The van der Waals surface area contributed by atoms with Crippen LogP contribution in [0.1, 0.15) is 29.9 Å². The van der Waals surface area contributed by atoms with Gasteiger partial charge < -0.3 is 9.30 Å². The normalized spacial score (nSPS) is 18.7. The third-order valence-electron chi connectivity index (χ3n) is 5.20. The second-order valence-electron chi connectivity index (χ2n) is 7.27. The molecule has 1 aromatic heterocycles. The molecule has 2 heterocycles. The average Bonchev–Trinajstić information content (AvgIpc) is 3.00. The van der Waals surface area contributed by atoms with Crippen molar-refractivity contribution >= 4 is 10.0 Å². The Morgan fingerprint density at radius 2 is 2.04 bits per heavy atom. The van der Waals surface area contributed by atoms with Crippen molar-refractivity contribution in [2.75, 3.05) is 26.8 Å². The smallest absolute Gasteiger partial charge is 0.218 e. The molecule has 7 heteroatoms. The van der Waals surface area contributed by atoms with Crippen LogP contribution in [0.4, 0.5) is 0 Å². The molecule has 1 aliphatic heterocycles. The number of hydrogen-bond donors (Lipinski definition) is 0. The molecule has 0 N–H and O–H groups in total. The number of piperidine rings is 1. The number of hydrogen-bond acceptors (Lipinski definition) is 4. The van der Waals surface area contributed by atoms with Gasteiger partial charge in [-0.05, 0) is 31.2 Å². The molecule has 0 bridgehead atoms. The Hall–Kier alpha value is -1.70. The quantitative estimate of drug-likeness (QED) is 0.694. The van der Waals surface area contributed by atoms with Gasteiger partial charge in [-0.15, -0.1) is 0 Å². The predicted molar refractivity (Wildman–Crippen MR) is 106 cm³/mol. The molecule has 1 aromatic carbocycles. The highest BCUT2D eigenvalue weighted by Crippen LogP contribution is 2.24. The third kappa shape index (κ3) is 5.18. The van der Waals surface area contributed by atoms with Gasteiger partial charge in [0.15, 0.2) is 0 Å². The molecule has 2 aromatic rings. The van der Waals surface area contributed by atoms with Gasteiger partial charge in [-0.1, -0.05) is 30.3 Å². The Labute approximate surface area is 162 Å². The van der Waals surface area contributed by atoms with Gasteiger partial charge in [0.2, 0.25) is 10.0 Å². The van der Waals surface area contributed by atoms with Crippen LogP contribution < -0.4 is 0 Å². The topological polar surface area (TPSA) is 64.4 Å². The first kappa shape index (κ1) is 20.0. The Kier molecular flexibility index (Phi) is 6.68. The Bertz CT molecular complexity index is 833. The van der Waals surface area contributed by atoms with Crippen LogP contribution in [-0.4, -0.2) is 49.1 Å². The number of nitrogens with zero attached hydrogens (tertiary/aromatic N) is 3. The van der Waals surface area contributed by atoms with Crippen LogP contribution in [0.3, 0.4) is 0 Å². The van der Waals surface area contributed by atoms with Gasteiger partial charge in [0.25, 0.3) is 0 Å². The number of rotatable bonds is 8. The summed E-state index contributed by atoms with van der Waals surface area (Å²) in [6, 6.07) is 9.40. The maximum absolute atomic E-state index is 12.9. The van der Waals surface area contributed by atoms with Crippen LogP contribution in [0.2, 0.25) is 0 Å². The summed E-state index contributed by atoms with van der Waals surface area (Å²) in [7, 11) is -1.60. The average molecular weight is 392 g/mol. The number of aromatic nitrogens is 2. The minimum atomic E-state index is -3.29. The van der Waals surface area contributed by atoms with E-state index in [-0.39, 0.29) is 5.75 Å². The van der Waals surface area contributed by atoms with E-state index in [0.29, 0.717) is 25.6 Å². The van der Waals surface area contributed by atoms with Crippen molar-refractivity contribution in [1.82, 2.24) is 13.9 Å². The van der Waals surface area contributed by atoms with Crippen molar-refractivity contribution in [3.8, 4) is 0 Å². The van der Waals surface area contributed by atoms with E-state index in [1.165, 1.54) is 0 Å². The third-order valence-corrected chi connectivity index (χ3v) is 7.01. The van der Waals surface area contributed by atoms with Crippen LogP contribution in [0.25, 0.3) is 0 Å². The summed E-state index contributed by atoms with van der Waals surface area (Å²) in [6.07, 6.45) is 4.62. The summed E-state index contributed by atoms with van der Waals surface area (Å²) in [5.74, 6) is 1.39. The number of ether oxygens (including phenoxy) is 1. The zero-order valence-corrected chi connectivity index (χ0v) is 17.0. The van der Waals surface area contributed by atoms with Gasteiger partial charge in [-0.3, -0.25) is 0 Å². The number of imidazole rings is 1. The fourth-order valence-corrected chi connectivity index (χ4v) is 5.38. The molecular weight excluding hydrogens is 362 g/mol. The van der Waals surface area contributed by atoms with E-state index in [0.717, 1.165) is 42.9 Å². The van der Waals surface area contributed by atoms with E-state index < -0.39 is 10.0 Å². The van der Waals surface area contributed by atoms with Gasteiger partial charge in [0.1, 0.15) is 5.82 Å². The zero-order chi connectivity index (χ0) is 19.3. The summed E-state index contributed by atoms with van der Waals surface area (Å²) in [5, 5.41) is 0. The molecule has 0 aliphatic carbocycles. The lowest BCUT2D eigenvalue weighted by Crippen LogP contribution is -2.41. The second-order valence-corrected chi connectivity index (χ2v) is 9.24. The fraction of sp³-hybridized carbons (Fsp3) is 0.550. The number of methoxy groups -OCH3 is 1. The lowest BCUT2D eigenvalue weighted by molar-refractivity contribution is 0.184. The van der Waals surface area contributed by atoms with Crippen molar-refractivity contribution in [2.24, 2.45) is 5.92 Å². The largest absolute Gasteiger partial charge is 0.383 e. The first-order valence-corrected chi connectivity index (χ1v) is 11.1. The molecule has 3 rings (SSSR count). The monoisotopic (exact) mass is 391 g/mol. The summed E-state index contributed by atoms with van der Waals surface area (Å²) < 4.78 is 34.8. The van der Waals surface area contributed by atoms with Crippen LogP contribution >= 0.6 is 0 Å². The van der Waals surface area contributed by atoms with E-state index in [1.54, 1.807) is 11.4 Å². The summed E-state index contributed by atoms with van der Waals surface area (Å²) in [6.45, 7) is 4.66. The van der Waals surface area contributed by atoms with Gasteiger partial charge in [-0.25, -0.2) is 17.7 Å². The van der Waals surface area contributed by atoms with Gasteiger partial charge in [-0.2, -0.15) is 0 Å². The summed E-state index contributed by atoms with van der Waals surface area (Å²) in [5.41, 5.74) is 1.96. The number of benzene rings is 1. The van der Waals surface area contributed by atoms with Gasteiger partial charge in [0.05, 0.1) is 12.4 Å². The van der Waals surface area contributed by atoms with E-state index in [2.05, 4.69) is 9.55 Å². The van der Waals surface area contributed by atoms with E-state index in [9.17, 15) is 8.42 Å². The zero-order valence-electron chi connectivity index (χ0n) is 16.2. The molecule has 1 atom stereocenters. The highest BCUT2D eigenvalue weighted by atomic mass is 32.2. The molecule has 0 saturated carbocycles. The first-order chi connectivity index (χ1) is 13.0. The SMILES string of the molecule is COCCn1c(C)cnc1CC1CCCN(S(=O)(=O)Cc2ccccc2)C1. The van der Waals surface area contributed by atoms with Crippen molar-refractivity contribution in [3.05, 3.63) is 53.6 Å². The Morgan fingerprint density at radius 3 is 2.78 bits per heavy atom. The predicted octanol–water partition coefficient (Wildman–Crippen LogP) is 2.62. The van der Waals surface area contributed by atoms with Crippen molar-refractivity contribution < 1.29 is 13.2 Å². The molecule has 0 spiro atoms. The summed E-state index contributed by atoms with van der Waals surface area (Å²) >= 11 is 0. The molecule has 1 unspecified atom stereocenters. The lowest BCUT2D eigenvalue weighted by Gasteiger charge is -2.32. The van der Waals surface area contributed by atoms with Crippen LogP contribution in [-0.2, 0) is 33.5 Å². The summed E-state index contributed by atoms with van der Waals surface area (Å²) in [4.78, 5) is 4.56. The van der Waals surface area contributed by atoms with Crippen LogP contribution in [0.5, 0.6) is 0 Å². The van der Waals surface area contributed by atoms with Gasteiger partial charge >= 0.3 is 0 Å². The molecule has 6 nitrogen and oxygen atoms in total. The Balaban J connectivity index is 1.66. The minimum absolute atomic E-state index is 0.0716. The van der Waals surface area contributed by atoms with Crippen molar-refractivity contribution in [1.29, 1.82) is 0 Å². The molecule has 1 saturated heterocycles. The van der Waals surface area contributed by atoms with Crippen LogP contribution in [0.15, 0.2) is 36.5 Å². The highest BCUT2D eigenvalue weighted by molar-refractivity contribution is 7.88. The first-order valence-electron chi connectivity index (χ1n) is 9.51. The molecule has 27 heavy (non-hydrogen) atoms. The maximum atomic E-state index is 12.9. The second kappa shape index (κ2) is 8.99. The number of sulfonamides is 1. The minimum Gasteiger partial charge on any atom is -0.383 e. The van der Waals surface area contributed by atoms with Crippen molar-refractivity contribution in [3.63, 3.8) is 0 Å². The van der Waals surface area contributed by atoms with E-state index in [1.807, 2.05) is 43.5 Å². The van der Waals surface area contributed by atoms with E-state index >= 15 is 0 Å². The van der Waals surface area contributed by atoms with Gasteiger partial charge in [0, 0.05) is 45.1 Å². The van der Waals surface area contributed by atoms with Crippen molar-refractivity contribution in [2.45, 2.75) is 38.5 Å². The molecule has 1 aliphatic rings. The maximum Gasteiger partial charge on any atom is 0.218 e. The molecule has 0 radical (unpaired) electrons. The molecule has 0 amide bonds. The molecular formula is C20H29N3O3S. The highest BCUT2D eigenvalue weighted by Gasteiger charge is 2.29. The Morgan fingerprint density at radius 1 is 1.26 bits per heavy atom.